The number of likely N-dealkylation sites (tertiary alicyclic amines) is 1. The fourth-order valence-corrected chi connectivity index (χ4v) is 3.88. The Morgan fingerprint density at radius 2 is 1.83 bits per heavy atom. The van der Waals surface area contributed by atoms with Gasteiger partial charge in [0.2, 0.25) is 5.91 Å². The second-order valence-corrected chi connectivity index (χ2v) is 7.58. The largest absolute Gasteiger partial charge is 0.372 e. The van der Waals surface area contributed by atoms with Crippen LogP contribution in [0, 0.1) is 17.3 Å². The molecule has 2 aliphatic heterocycles. The van der Waals surface area contributed by atoms with Crippen LogP contribution >= 0.6 is 0 Å². The van der Waals surface area contributed by atoms with Crippen LogP contribution in [0.4, 0.5) is 0 Å². The normalized spacial score (nSPS) is 39.8. The number of fused-ring (bicyclic) bond motifs is 1. The molecule has 2 saturated heterocycles. The van der Waals surface area contributed by atoms with Crippen LogP contribution in [0.2, 0.25) is 0 Å². The maximum Gasteiger partial charge on any atom is 0.225 e. The van der Waals surface area contributed by atoms with Gasteiger partial charge < -0.3 is 9.64 Å². The molecule has 3 nitrogen and oxygen atoms in total. The van der Waals surface area contributed by atoms with Crippen molar-refractivity contribution in [2.45, 2.75) is 58.7 Å². The van der Waals surface area contributed by atoms with Crippen molar-refractivity contribution in [3.05, 3.63) is 0 Å². The van der Waals surface area contributed by atoms with Crippen LogP contribution in [-0.2, 0) is 9.53 Å². The van der Waals surface area contributed by atoms with Crippen molar-refractivity contribution in [2.75, 3.05) is 13.1 Å². The highest BCUT2D eigenvalue weighted by Crippen LogP contribution is 2.62. The van der Waals surface area contributed by atoms with Gasteiger partial charge in [-0.25, -0.2) is 0 Å². The highest BCUT2D eigenvalue weighted by atomic mass is 16.5. The molecule has 0 spiro atoms. The minimum atomic E-state index is -0.0277. The first-order valence-corrected chi connectivity index (χ1v) is 7.25. The Labute approximate surface area is 110 Å². The monoisotopic (exact) mass is 251 g/mol. The van der Waals surface area contributed by atoms with E-state index in [1.165, 1.54) is 0 Å². The van der Waals surface area contributed by atoms with Crippen molar-refractivity contribution < 1.29 is 9.53 Å². The number of carbonyl (C=O) groups excluding carboxylic acids is 1. The second-order valence-electron chi connectivity index (χ2n) is 7.58. The summed E-state index contributed by atoms with van der Waals surface area (Å²) < 4.78 is 5.91. The lowest BCUT2D eigenvalue weighted by Gasteiger charge is -2.24. The van der Waals surface area contributed by atoms with Crippen LogP contribution in [0.1, 0.15) is 47.0 Å². The predicted octanol–water partition coefficient (Wildman–Crippen LogP) is 2.45. The van der Waals surface area contributed by atoms with Gasteiger partial charge in [-0.2, -0.15) is 0 Å². The molecule has 3 aliphatic rings. The van der Waals surface area contributed by atoms with E-state index in [0.717, 1.165) is 37.8 Å². The van der Waals surface area contributed by atoms with Crippen LogP contribution in [0.5, 0.6) is 0 Å². The number of rotatable bonds is 2. The van der Waals surface area contributed by atoms with Crippen LogP contribution in [-0.4, -0.2) is 35.6 Å². The van der Waals surface area contributed by atoms with Gasteiger partial charge in [0.05, 0.1) is 18.1 Å². The van der Waals surface area contributed by atoms with Gasteiger partial charge in [0.25, 0.3) is 0 Å². The van der Waals surface area contributed by atoms with Gasteiger partial charge in [-0.15, -0.1) is 0 Å². The van der Waals surface area contributed by atoms with Crippen molar-refractivity contribution in [1.82, 2.24) is 4.90 Å². The first-order chi connectivity index (χ1) is 8.29. The molecule has 0 bridgehead atoms. The SMILES string of the molecule is CC1(C)CCC(CC(=O)N2C[C@@H]3[C@H](C2)C3(C)C)O1. The zero-order valence-electron chi connectivity index (χ0n) is 12.0. The standard InChI is InChI=1S/C15H25NO2/c1-14(2)6-5-10(18-14)7-13(17)16-8-11-12(9-16)15(11,3)4/h10-12H,5-9H2,1-4H3/t10?,11-,12+. The maximum absolute atomic E-state index is 12.2. The summed E-state index contributed by atoms with van der Waals surface area (Å²) in [6, 6.07) is 0. The van der Waals surface area contributed by atoms with Crippen LogP contribution in [0.15, 0.2) is 0 Å². The molecule has 3 atom stereocenters. The summed E-state index contributed by atoms with van der Waals surface area (Å²) in [6.45, 7) is 10.8. The highest BCUT2D eigenvalue weighted by molar-refractivity contribution is 5.77. The zero-order valence-corrected chi connectivity index (χ0v) is 12.0. The number of nitrogens with zero attached hydrogens (tertiary/aromatic N) is 1. The molecule has 0 aromatic carbocycles. The van der Waals surface area contributed by atoms with Crippen molar-refractivity contribution in [3.8, 4) is 0 Å². The number of hydrogen-bond acceptors (Lipinski definition) is 2. The van der Waals surface area contributed by atoms with Gasteiger partial charge in [-0.05, 0) is 43.9 Å². The molecule has 0 aromatic rings. The van der Waals surface area contributed by atoms with E-state index < -0.39 is 0 Å². The van der Waals surface area contributed by atoms with Crippen molar-refractivity contribution in [1.29, 1.82) is 0 Å². The van der Waals surface area contributed by atoms with Crippen LogP contribution in [0.25, 0.3) is 0 Å². The average molecular weight is 251 g/mol. The van der Waals surface area contributed by atoms with E-state index in [1.807, 2.05) is 0 Å². The first kappa shape index (κ1) is 12.5. The van der Waals surface area contributed by atoms with Gasteiger partial charge in [-0.1, -0.05) is 13.8 Å². The van der Waals surface area contributed by atoms with Gasteiger partial charge in [0.1, 0.15) is 0 Å². The zero-order chi connectivity index (χ0) is 13.1. The summed E-state index contributed by atoms with van der Waals surface area (Å²) in [5, 5.41) is 0. The molecule has 18 heavy (non-hydrogen) atoms. The Balaban J connectivity index is 1.50. The smallest absolute Gasteiger partial charge is 0.225 e. The van der Waals surface area contributed by atoms with Crippen molar-refractivity contribution in [2.24, 2.45) is 17.3 Å². The second kappa shape index (κ2) is 3.72. The fraction of sp³-hybridized carbons (Fsp3) is 0.933. The summed E-state index contributed by atoms with van der Waals surface area (Å²) in [7, 11) is 0. The topological polar surface area (TPSA) is 29.5 Å². The summed E-state index contributed by atoms with van der Waals surface area (Å²) in [5.41, 5.74) is 0.461. The van der Waals surface area contributed by atoms with E-state index in [0.29, 0.717) is 17.7 Å². The third-order valence-electron chi connectivity index (χ3n) is 5.43. The number of ether oxygens (including phenoxy) is 1. The molecular formula is C15H25NO2. The molecule has 3 fully saturated rings. The highest BCUT2D eigenvalue weighted by Gasteiger charge is 2.62. The molecule has 102 valence electrons. The Hall–Kier alpha value is -0.570. The Morgan fingerprint density at radius 1 is 1.22 bits per heavy atom. The molecule has 1 aliphatic carbocycles. The molecular weight excluding hydrogens is 226 g/mol. The Kier molecular flexibility index (Phi) is 2.58. The molecule has 3 rings (SSSR count). The van der Waals surface area contributed by atoms with E-state index in [2.05, 4.69) is 32.6 Å². The van der Waals surface area contributed by atoms with Crippen LogP contribution in [0.3, 0.4) is 0 Å². The molecule has 1 amide bonds. The van der Waals surface area contributed by atoms with E-state index in [1.54, 1.807) is 0 Å². The first-order valence-electron chi connectivity index (χ1n) is 7.25. The molecule has 0 aromatic heterocycles. The predicted molar refractivity (Wildman–Crippen MR) is 70.1 cm³/mol. The number of piperidine rings is 1. The lowest BCUT2D eigenvalue weighted by molar-refractivity contribution is -0.134. The molecule has 2 heterocycles. The van der Waals surface area contributed by atoms with Crippen LogP contribution < -0.4 is 0 Å². The van der Waals surface area contributed by atoms with Gasteiger partial charge >= 0.3 is 0 Å². The number of amides is 1. The van der Waals surface area contributed by atoms with E-state index in [9.17, 15) is 4.79 Å². The quantitative estimate of drug-likeness (QED) is 0.754. The Bertz CT molecular complexity index is 361. The summed E-state index contributed by atoms with van der Waals surface area (Å²) in [6.07, 6.45) is 2.84. The van der Waals surface area contributed by atoms with Crippen molar-refractivity contribution >= 4 is 5.91 Å². The van der Waals surface area contributed by atoms with Gasteiger partial charge in [-0.3, -0.25) is 4.79 Å². The molecule has 3 heteroatoms. The molecule has 1 unspecified atom stereocenters. The fourth-order valence-electron chi connectivity index (χ4n) is 3.88. The lowest BCUT2D eigenvalue weighted by atomic mass is 10.0. The lowest BCUT2D eigenvalue weighted by Crippen LogP contribution is -2.35. The number of carbonyl (C=O) groups is 1. The van der Waals surface area contributed by atoms with E-state index in [-0.39, 0.29) is 11.7 Å². The molecule has 1 saturated carbocycles. The van der Waals surface area contributed by atoms with E-state index in [4.69, 9.17) is 4.74 Å². The Morgan fingerprint density at radius 3 is 2.33 bits per heavy atom. The summed E-state index contributed by atoms with van der Waals surface area (Å²) >= 11 is 0. The molecule has 0 radical (unpaired) electrons. The minimum absolute atomic E-state index is 0.0277. The third kappa shape index (κ3) is 1.97. The summed E-state index contributed by atoms with van der Waals surface area (Å²) in [5.74, 6) is 1.81. The molecule has 0 N–H and O–H groups in total. The van der Waals surface area contributed by atoms with Gasteiger partial charge in [0.15, 0.2) is 0 Å². The summed E-state index contributed by atoms with van der Waals surface area (Å²) in [4.78, 5) is 14.3. The number of hydrogen-bond donors (Lipinski definition) is 0. The minimum Gasteiger partial charge on any atom is -0.372 e. The van der Waals surface area contributed by atoms with Crippen molar-refractivity contribution in [3.63, 3.8) is 0 Å². The average Bonchev–Trinajstić information content (AvgIpc) is 2.69. The third-order valence-corrected chi connectivity index (χ3v) is 5.43. The van der Waals surface area contributed by atoms with Gasteiger partial charge in [0, 0.05) is 13.1 Å². The van der Waals surface area contributed by atoms with E-state index >= 15 is 0 Å². The maximum atomic E-state index is 12.2.